The summed E-state index contributed by atoms with van der Waals surface area (Å²) in [7, 11) is 1.46. The number of nitrogens with zero attached hydrogens (tertiary/aromatic N) is 3. The highest BCUT2D eigenvalue weighted by atomic mass is 32.1. The van der Waals surface area contributed by atoms with Gasteiger partial charge in [0, 0.05) is 16.1 Å². The van der Waals surface area contributed by atoms with E-state index in [2.05, 4.69) is 15.5 Å². The van der Waals surface area contributed by atoms with Gasteiger partial charge in [0.15, 0.2) is 11.5 Å². The Morgan fingerprint density at radius 2 is 2.09 bits per heavy atom. The average molecular weight is 493 g/mol. The van der Waals surface area contributed by atoms with Crippen LogP contribution in [-0.4, -0.2) is 33.3 Å². The minimum atomic E-state index is -0.681. The molecule has 0 bridgehead atoms. The number of amides is 2. The van der Waals surface area contributed by atoms with Crippen molar-refractivity contribution in [3.63, 3.8) is 0 Å². The van der Waals surface area contributed by atoms with Gasteiger partial charge in [-0.05, 0) is 48.2 Å². The van der Waals surface area contributed by atoms with Gasteiger partial charge in [-0.3, -0.25) is 4.90 Å². The van der Waals surface area contributed by atoms with Gasteiger partial charge < -0.3 is 19.7 Å². The average Bonchev–Trinajstić information content (AvgIpc) is 3.54. The van der Waals surface area contributed by atoms with Gasteiger partial charge in [-0.25, -0.2) is 9.18 Å². The zero-order valence-electron chi connectivity index (χ0n) is 18.9. The van der Waals surface area contributed by atoms with E-state index < -0.39 is 11.9 Å². The summed E-state index contributed by atoms with van der Waals surface area (Å²) in [6.45, 7) is 2.18. The Balaban J connectivity index is 1.61. The Labute approximate surface area is 204 Å². The predicted molar refractivity (Wildman–Crippen MR) is 128 cm³/mol. The molecule has 5 rings (SSSR count). The number of hydrogen-bond donors (Lipinski definition) is 2. The van der Waals surface area contributed by atoms with E-state index in [0.29, 0.717) is 34.7 Å². The van der Waals surface area contributed by atoms with Crippen molar-refractivity contribution in [3.05, 3.63) is 87.8 Å². The fourth-order valence-corrected chi connectivity index (χ4v) is 4.71. The lowest BCUT2D eigenvalue weighted by atomic mass is 9.94. The first-order valence-corrected chi connectivity index (χ1v) is 11.6. The molecular formula is C25H21FN4O4S. The van der Waals surface area contributed by atoms with Crippen LogP contribution in [0.25, 0.3) is 17.0 Å². The maximum absolute atomic E-state index is 13.8. The number of hydrogen-bond acceptors (Lipinski definition) is 7. The minimum Gasteiger partial charge on any atom is -0.504 e. The third kappa shape index (κ3) is 4.35. The predicted octanol–water partition coefficient (Wildman–Crippen LogP) is 5.35. The largest absolute Gasteiger partial charge is 0.504 e. The van der Waals surface area contributed by atoms with E-state index >= 15 is 0 Å². The van der Waals surface area contributed by atoms with Crippen molar-refractivity contribution in [1.29, 1.82) is 0 Å². The summed E-state index contributed by atoms with van der Waals surface area (Å²) in [6.07, 6.45) is 0. The molecule has 2 amide bonds. The Bertz CT molecular complexity index is 1420. The molecule has 3 heterocycles. The maximum Gasteiger partial charge on any atom is 0.322 e. The number of ether oxygens (including phenoxy) is 1. The van der Waals surface area contributed by atoms with Gasteiger partial charge in [0.05, 0.1) is 25.3 Å². The number of aromatic nitrogens is 2. The first kappa shape index (κ1) is 22.6. The van der Waals surface area contributed by atoms with Crippen LogP contribution < -0.4 is 10.1 Å². The number of benzene rings is 2. The van der Waals surface area contributed by atoms with Crippen molar-refractivity contribution in [2.45, 2.75) is 19.5 Å². The smallest absolute Gasteiger partial charge is 0.322 e. The molecule has 0 saturated carbocycles. The fraction of sp³-hybridized carbons (Fsp3) is 0.160. The minimum absolute atomic E-state index is 0.0664. The van der Waals surface area contributed by atoms with Gasteiger partial charge in [0.1, 0.15) is 5.82 Å². The normalized spacial score (nSPS) is 15.9. The number of phenols is 1. The molecule has 2 aromatic heterocycles. The summed E-state index contributed by atoms with van der Waals surface area (Å²) >= 11 is 1.55. The molecular weight excluding hydrogens is 471 g/mol. The molecule has 2 N–H and O–H groups in total. The van der Waals surface area contributed by atoms with Crippen molar-refractivity contribution in [1.82, 2.24) is 20.4 Å². The molecule has 0 saturated heterocycles. The van der Waals surface area contributed by atoms with E-state index in [1.54, 1.807) is 40.5 Å². The molecule has 4 aromatic rings. The van der Waals surface area contributed by atoms with Crippen LogP contribution >= 0.6 is 11.3 Å². The van der Waals surface area contributed by atoms with Crippen LogP contribution in [0.5, 0.6) is 11.5 Å². The van der Waals surface area contributed by atoms with Gasteiger partial charge in [-0.2, -0.15) is 4.98 Å². The third-order valence-electron chi connectivity index (χ3n) is 5.77. The number of methoxy groups -OCH3 is 1. The molecule has 1 aliphatic rings. The topological polar surface area (TPSA) is 101 Å². The second-order valence-corrected chi connectivity index (χ2v) is 8.94. The van der Waals surface area contributed by atoms with Crippen LogP contribution in [0.3, 0.4) is 0 Å². The lowest BCUT2D eigenvalue weighted by Gasteiger charge is -2.35. The van der Waals surface area contributed by atoms with Gasteiger partial charge in [0.2, 0.25) is 5.82 Å². The molecule has 35 heavy (non-hydrogen) atoms. The number of aromatic hydroxyl groups is 1. The van der Waals surface area contributed by atoms with Gasteiger partial charge in [0.25, 0.3) is 5.89 Å². The number of halogens is 1. The van der Waals surface area contributed by atoms with Crippen LogP contribution in [-0.2, 0) is 6.54 Å². The van der Waals surface area contributed by atoms with E-state index in [0.717, 1.165) is 4.88 Å². The number of phenolic OH excluding ortho intramolecular Hbond substituents is 1. The van der Waals surface area contributed by atoms with Crippen molar-refractivity contribution < 1.29 is 23.6 Å². The van der Waals surface area contributed by atoms with E-state index in [9.17, 15) is 14.3 Å². The number of thiophene rings is 1. The quantitative estimate of drug-likeness (QED) is 0.376. The monoisotopic (exact) mass is 492 g/mol. The Kier molecular flexibility index (Phi) is 5.96. The molecule has 178 valence electrons. The summed E-state index contributed by atoms with van der Waals surface area (Å²) in [5.74, 6) is 0.228. The van der Waals surface area contributed by atoms with Crippen LogP contribution in [0.1, 0.15) is 29.3 Å². The highest BCUT2D eigenvalue weighted by Gasteiger charge is 2.36. The molecule has 0 fully saturated rings. The standard InChI is InChI=1S/C25H21FN4O4S/c1-14-21(24-28-23(29-34-24)16-5-3-6-17(26)11-16)22(15-8-9-20(33-2)19(31)12-15)27-25(32)30(14)13-18-7-4-10-35-18/h3-12,22,31H,13H2,1-2H3,(H,27,32). The van der Waals surface area contributed by atoms with E-state index in [1.807, 2.05) is 24.4 Å². The van der Waals surface area contributed by atoms with Crippen LogP contribution in [0.2, 0.25) is 0 Å². The fourth-order valence-electron chi connectivity index (χ4n) is 4.02. The summed E-state index contributed by atoms with van der Waals surface area (Å²) in [5, 5.41) is 19.3. The van der Waals surface area contributed by atoms with Crippen molar-refractivity contribution in [3.8, 4) is 22.9 Å². The van der Waals surface area contributed by atoms with E-state index in [-0.39, 0.29) is 23.5 Å². The molecule has 0 spiro atoms. The van der Waals surface area contributed by atoms with Crippen LogP contribution in [0.4, 0.5) is 9.18 Å². The number of nitrogens with one attached hydrogen (secondary N) is 1. The number of rotatable bonds is 6. The molecule has 0 radical (unpaired) electrons. The molecule has 1 aliphatic heterocycles. The van der Waals surface area contributed by atoms with Crippen LogP contribution in [0.15, 0.2) is 70.2 Å². The zero-order chi connectivity index (χ0) is 24.5. The SMILES string of the molecule is COc1ccc(C2NC(=O)N(Cc3cccs3)C(C)=C2c2nc(-c3cccc(F)c3)no2)cc1O. The van der Waals surface area contributed by atoms with Crippen molar-refractivity contribution in [2.75, 3.05) is 7.11 Å². The summed E-state index contributed by atoms with van der Waals surface area (Å²) in [4.78, 5) is 20.3. The second-order valence-electron chi connectivity index (χ2n) is 7.91. The molecule has 0 aliphatic carbocycles. The van der Waals surface area contributed by atoms with Gasteiger partial charge in [-0.15, -0.1) is 11.3 Å². The first-order valence-electron chi connectivity index (χ1n) is 10.7. The Hall–Kier alpha value is -4.18. The Morgan fingerprint density at radius 1 is 1.23 bits per heavy atom. The number of allylic oxidation sites excluding steroid dienone is 1. The second kappa shape index (κ2) is 9.22. The van der Waals surface area contributed by atoms with Crippen molar-refractivity contribution in [2.24, 2.45) is 0 Å². The summed E-state index contributed by atoms with van der Waals surface area (Å²) in [6, 6.07) is 13.7. The molecule has 1 atom stereocenters. The van der Waals surface area contributed by atoms with E-state index in [1.165, 1.54) is 25.3 Å². The molecule has 8 nitrogen and oxygen atoms in total. The third-order valence-corrected chi connectivity index (χ3v) is 6.63. The molecule has 2 aromatic carbocycles. The molecule has 10 heteroatoms. The van der Waals surface area contributed by atoms with Crippen molar-refractivity contribution >= 4 is 22.9 Å². The first-order chi connectivity index (χ1) is 16.9. The number of urea groups is 1. The maximum atomic E-state index is 13.8. The van der Waals surface area contributed by atoms with Crippen LogP contribution in [0, 0.1) is 5.82 Å². The van der Waals surface area contributed by atoms with Gasteiger partial charge in [-0.1, -0.05) is 29.4 Å². The summed E-state index contributed by atoms with van der Waals surface area (Å²) in [5.41, 5.74) is 2.26. The number of carbonyl (C=O) groups excluding carboxylic acids is 1. The lowest BCUT2D eigenvalue weighted by Crippen LogP contribution is -2.45. The Morgan fingerprint density at radius 3 is 2.80 bits per heavy atom. The lowest BCUT2D eigenvalue weighted by molar-refractivity contribution is 0.203. The highest BCUT2D eigenvalue weighted by Crippen LogP contribution is 2.40. The highest BCUT2D eigenvalue weighted by molar-refractivity contribution is 7.09. The van der Waals surface area contributed by atoms with Gasteiger partial charge >= 0.3 is 6.03 Å². The summed E-state index contributed by atoms with van der Waals surface area (Å²) < 4.78 is 24.5. The number of carbonyl (C=O) groups is 1. The molecule has 1 unspecified atom stereocenters. The zero-order valence-corrected chi connectivity index (χ0v) is 19.7. The van der Waals surface area contributed by atoms with E-state index in [4.69, 9.17) is 9.26 Å².